The van der Waals surface area contributed by atoms with Gasteiger partial charge in [0, 0.05) is 17.0 Å². The second kappa shape index (κ2) is 8.50. The minimum Gasteiger partial charge on any atom is -0.452 e. The molecular formula is C16H13ClN2O5S. The van der Waals surface area contributed by atoms with Crippen molar-refractivity contribution in [3.63, 3.8) is 0 Å². The number of halogens is 1. The maximum absolute atomic E-state index is 12.0. The molecule has 9 heteroatoms. The fraction of sp³-hybridized carbons (Fsp3) is 0.125. The number of rotatable bonds is 6. The van der Waals surface area contributed by atoms with Crippen LogP contribution in [0.3, 0.4) is 0 Å². The summed E-state index contributed by atoms with van der Waals surface area (Å²) in [5.74, 6) is -1.35. The van der Waals surface area contributed by atoms with Gasteiger partial charge in [-0.1, -0.05) is 23.7 Å². The predicted octanol–water partition coefficient (Wildman–Crippen LogP) is 3.77. The Morgan fingerprint density at radius 2 is 2.00 bits per heavy atom. The SMILES string of the molecule is CSc1ccccc1NC(=O)COC(=O)c1ccc([N+](=O)[O-])cc1Cl. The third-order valence-electron chi connectivity index (χ3n) is 3.10. The van der Waals surface area contributed by atoms with Crippen LogP contribution in [0.2, 0.25) is 5.02 Å². The average molecular weight is 381 g/mol. The van der Waals surface area contributed by atoms with Gasteiger partial charge in [0.2, 0.25) is 0 Å². The lowest BCUT2D eigenvalue weighted by atomic mass is 10.2. The van der Waals surface area contributed by atoms with Crippen LogP contribution in [0.5, 0.6) is 0 Å². The lowest BCUT2D eigenvalue weighted by molar-refractivity contribution is -0.384. The van der Waals surface area contributed by atoms with Gasteiger partial charge >= 0.3 is 5.97 Å². The van der Waals surface area contributed by atoms with Gasteiger partial charge in [-0.3, -0.25) is 14.9 Å². The number of hydrogen-bond donors (Lipinski definition) is 1. The quantitative estimate of drug-likeness (QED) is 0.354. The zero-order chi connectivity index (χ0) is 18.4. The van der Waals surface area contributed by atoms with Crippen molar-refractivity contribution in [2.24, 2.45) is 0 Å². The summed E-state index contributed by atoms with van der Waals surface area (Å²) in [6, 6.07) is 10.6. The van der Waals surface area contributed by atoms with Crippen molar-refractivity contribution < 1.29 is 19.2 Å². The van der Waals surface area contributed by atoms with Gasteiger partial charge in [-0.15, -0.1) is 11.8 Å². The molecule has 0 fully saturated rings. The third kappa shape index (κ3) is 4.94. The number of ether oxygens (including phenoxy) is 1. The largest absolute Gasteiger partial charge is 0.452 e. The molecular weight excluding hydrogens is 368 g/mol. The Kier molecular flexibility index (Phi) is 6.37. The number of esters is 1. The van der Waals surface area contributed by atoms with E-state index in [4.69, 9.17) is 16.3 Å². The molecule has 0 aliphatic heterocycles. The summed E-state index contributed by atoms with van der Waals surface area (Å²) in [5, 5.41) is 13.2. The van der Waals surface area contributed by atoms with E-state index in [0.29, 0.717) is 5.69 Å². The van der Waals surface area contributed by atoms with E-state index in [1.807, 2.05) is 18.4 Å². The van der Waals surface area contributed by atoms with Crippen LogP contribution >= 0.6 is 23.4 Å². The molecule has 0 heterocycles. The molecule has 0 atom stereocenters. The molecule has 0 aromatic heterocycles. The number of para-hydroxylation sites is 1. The highest BCUT2D eigenvalue weighted by atomic mass is 35.5. The first-order chi connectivity index (χ1) is 11.9. The van der Waals surface area contributed by atoms with Crippen molar-refractivity contribution in [2.75, 3.05) is 18.2 Å². The second-order valence-corrected chi connectivity index (χ2v) is 6.00. The first-order valence-electron chi connectivity index (χ1n) is 6.96. The highest BCUT2D eigenvalue weighted by molar-refractivity contribution is 7.98. The zero-order valence-corrected chi connectivity index (χ0v) is 14.6. The molecule has 7 nitrogen and oxygen atoms in total. The van der Waals surface area contributed by atoms with Crippen LogP contribution in [-0.2, 0) is 9.53 Å². The summed E-state index contributed by atoms with van der Waals surface area (Å²) in [6.45, 7) is -0.505. The third-order valence-corrected chi connectivity index (χ3v) is 4.21. The molecule has 2 aromatic rings. The van der Waals surface area contributed by atoms with Crippen LogP contribution in [-0.4, -0.2) is 29.7 Å². The lowest BCUT2D eigenvalue weighted by Gasteiger charge is -2.10. The Morgan fingerprint density at radius 1 is 1.28 bits per heavy atom. The smallest absolute Gasteiger partial charge is 0.340 e. The number of nitro groups is 1. The van der Waals surface area contributed by atoms with E-state index in [9.17, 15) is 19.7 Å². The predicted molar refractivity (Wildman–Crippen MR) is 95.2 cm³/mol. The van der Waals surface area contributed by atoms with Gasteiger partial charge < -0.3 is 10.1 Å². The van der Waals surface area contributed by atoms with Crippen LogP contribution in [0, 0.1) is 10.1 Å². The second-order valence-electron chi connectivity index (χ2n) is 4.75. The van der Waals surface area contributed by atoms with Crippen LogP contribution in [0.25, 0.3) is 0 Å². The summed E-state index contributed by atoms with van der Waals surface area (Å²) in [5.41, 5.74) is 0.321. The number of nitrogens with zero attached hydrogens (tertiary/aromatic N) is 1. The van der Waals surface area contributed by atoms with E-state index in [2.05, 4.69) is 5.32 Å². The number of nitrogens with one attached hydrogen (secondary N) is 1. The number of non-ortho nitro benzene ring substituents is 1. The van der Waals surface area contributed by atoms with Gasteiger partial charge in [0.15, 0.2) is 6.61 Å². The molecule has 0 saturated carbocycles. The molecule has 1 amide bonds. The first kappa shape index (κ1) is 18.8. The lowest BCUT2D eigenvalue weighted by Crippen LogP contribution is -2.21. The topological polar surface area (TPSA) is 98.5 Å². The van der Waals surface area contributed by atoms with E-state index in [1.54, 1.807) is 12.1 Å². The fourth-order valence-electron chi connectivity index (χ4n) is 1.93. The van der Waals surface area contributed by atoms with Crippen molar-refractivity contribution >= 4 is 46.6 Å². The summed E-state index contributed by atoms with van der Waals surface area (Å²) >= 11 is 7.31. The summed E-state index contributed by atoms with van der Waals surface area (Å²) in [7, 11) is 0. The number of nitro benzene ring substituents is 1. The molecule has 0 spiro atoms. The van der Waals surface area contributed by atoms with Gasteiger partial charge in [0.25, 0.3) is 11.6 Å². The molecule has 130 valence electrons. The zero-order valence-electron chi connectivity index (χ0n) is 13.0. The van der Waals surface area contributed by atoms with E-state index < -0.39 is 23.4 Å². The van der Waals surface area contributed by atoms with Crippen molar-refractivity contribution in [2.45, 2.75) is 4.90 Å². The Hall–Kier alpha value is -2.58. The normalized spacial score (nSPS) is 10.2. The maximum atomic E-state index is 12.0. The molecule has 1 N–H and O–H groups in total. The molecule has 0 saturated heterocycles. The molecule has 0 radical (unpaired) electrons. The van der Waals surface area contributed by atoms with Gasteiger partial charge in [-0.2, -0.15) is 0 Å². The summed E-state index contributed by atoms with van der Waals surface area (Å²) in [4.78, 5) is 34.8. The molecule has 2 rings (SSSR count). The molecule has 25 heavy (non-hydrogen) atoms. The van der Waals surface area contributed by atoms with Crippen molar-refractivity contribution in [1.29, 1.82) is 0 Å². The van der Waals surface area contributed by atoms with Gasteiger partial charge in [0.1, 0.15) is 0 Å². The van der Waals surface area contributed by atoms with Gasteiger partial charge in [0.05, 0.1) is 21.2 Å². The minimum atomic E-state index is -0.840. The van der Waals surface area contributed by atoms with Gasteiger partial charge in [-0.05, 0) is 24.5 Å². The molecule has 2 aromatic carbocycles. The highest BCUT2D eigenvalue weighted by Crippen LogP contribution is 2.25. The monoisotopic (exact) mass is 380 g/mol. The van der Waals surface area contributed by atoms with Crippen LogP contribution in [0.15, 0.2) is 47.4 Å². The minimum absolute atomic E-state index is 0.0513. The Labute approximate surface area is 152 Å². The highest BCUT2D eigenvalue weighted by Gasteiger charge is 2.17. The summed E-state index contributed by atoms with van der Waals surface area (Å²) < 4.78 is 4.90. The van der Waals surface area contributed by atoms with Crippen LogP contribution < -0.4 is 5.32 Å². The van der Waals surface area contributed by atoms with Crippen LogP contribution in [0.4, 0.5) is 11.4 Å². The Balaban J connectivity index is 1.97. The number of anilines is 1. The van der Waals surface area contributed by atoms with E-state index in [1.165, 1.54) is 17.8 Å². The average Bonchev–Trinajstić information content (AvgIpc) is 2.60. The number of hydrogen-bond acceptors (Lipinski definition) is 6. The molecule has 0 aliphatic carbocycles. The number of carbonyl (C=O) groups excluding carboxylic acids is 2. The fourth-order valence-corrected chi connectivity index (χ4v) is 2.73. The molecule has 0 unspecified atom stereocenters. The number of carbonyl (C=O) groups is 2. The Morgan fingerprint density at radius 3 is 2.64 bits per heavy atom. The maximum Gasteiger partial charge on any atom is 0.340 e. The van der Waals surface area contributed by atoms with Crippen LogP contribution in [0.1, 0.15) is 10.4 Å². The van der Waals surface area contributed by atoms with Gasteiger partial charge in [-0.25, -0.2) is 4.79 Å². The standard InChI is InChI=1S/C16H13ClN2O5S/c1-25-14-5-3-2-4-13(14)18-15(20)9-24-16(21)11-7-6-10(19(22)23)8-12(11)17/h2-8H,9H2,1H3,(H,18,20). The molecule has 0 aliphatic rings. The van der Waals surface area contributed by atoms with Crippen molar-refractivity contribution in [3.05, 3.63) is 63.2 Å². The van der Waals surface area contributed by atoms with E-state index in [0.717, 1.165) is 17.0 Å². The number of thioether (sulfide) groups is 1. The number of amides is 1. The summed E-state index contributed by atoms with van der Waals surface area (Å²) in [6.07, 6.45) is 1.88. The van der Waals surface area contributed by atoms with E-state index >= 15 is 0 Å². The molecule has 0 bridgehead atoms. The van der Waals surface area contributed by atoms with Crippen molar-refractivity contribution in [3.8, 4) is 0 Å². The van der Waals surface area contributed by atoms with Crippen molar-refractivity contribution in [1.82, 2.24) is 0 Å². The Bertz CT molecular complexity index is 828. The first-order valence-corrected chi connectivity index (χ1v) is 8.56. The van der Waals surface area contributed by atoms with E-state index in [-0.39, 0.29) is 16.3 Å². The number of benzene rings is 2.